The van der Waals surface area contributed by atoms with Crippen molar-refractivity contribution >= 4 is 12.4 Å². The summed E-state index contributed by atoms with van der Waals surface area (Å²) in [5, 5.41) is 8.89. The van der Waals surface area contributed by atoms with E-state index in [1.807, 2.05) is 0 Å². The number of rotatable bonds is 3. The number of hydroxylamine groups is 1. The molecule has 1 aromatic rings. The summed E-state index contributed by atoms with van der Waals surface area (Å²) in [6, 6.07) is 5.45. The number of hydrogen-bond acceptors (Lipinski definition) is 4. The topological polar surface area (TPSA) is 75.6 Å². The minimum Gasteiger partial charge on any atom is -0.508 e. The Bertz CT molecular complexity index is 306. The number of carbonyl (C=O) groups is 2. The van der Waals surface area contributed by atoms with E-state index in [-0.39, 0.29) is 17.7 Å². The summed E-state index contributed by atoms with van der Waals surface area (Å²) in [5.41, 5.74) is 2.01. The predicted molar refractivity (Wildman–Crippen MR) is 42.7 cm³/mol. The van der Waals surface area contributed by atoms with Gasteiger partial charge in [-0.15, -0.1) is 0 Å². The molecule has 0 radical (unpaired) electrons. The molecule has 1 rings (SSSR count). The molecule has 0 unspecified atom stereocenters. The quantitative estimate of drug-likeness (QED) is 0.516. The van der Waals surface area contributed by atoms with E-state index in [2.05, 4.69) is 4.84 Å². The largest absolute Gasteiger partial charge is 0.508 e. The second-order valence-corrected chi connectivity index (χ2v) is 2.17. The molecule has 0 aliphatic rings. The van der Waals surface area contributed by atoms with Gasteiger partial charge in [-0.25, -0.2) is 4.79 Å². The van der Waals surface area contributed by atoms with E-state index in [1.54, 1.807) is 5.48 Å². The molecule has 5 heteroatoms. The van der Waals surface area contributed by atoms with Gasteiger partial charge in [-0.1, -0.05) is 0 Å². The maximum atomic E-state index is 11.0. The number of aromatic hydroxyl groups is 1. The van der Waals surface area contributed by atoms with Gasteiger partial charge in [-0.3, -0.25) is 4.79 Å². The van der Waals surface area contributed by atoms with Crippen molar-refractivity contribution in [1.82, 2.24) is 5.48 Å². The number of nitrogens with one attached hydrogen (secondary N) is 1. The molecule has 0 aliphatic heterocycles. The molecule has 0 spiro atoms. The van der Waals surface area contributed by atoms with Crippen LogP contribution < -0.4 is 5.48 Å². The van der Waals surface area contributed by atoms with E-state index in [1.165, 1.54) is 24.3 Å². The fraction of sp³-hybridized carbons (Fsp3) is 0. The van der Waals surface area contributed by atoms with Crippen molar-refractivity contribution in [2.45, 2.75) is 0 Å². The van der Waals surface area contributed by atoms with Crippen molar-refractivity contribution in [3.8, 4) is 5.75 Å². The summed E-state index contributed by atoms with van der Waals surface area (Å²) in [6.45, 7) is 0. The molecule has 0 aliphatic carbocycles. The van der Waals surface area contributed by atoms with Crippen LogP contribution in [0.5, 0.6) is 5.75 Å². The van der Waals surface area contributed by atoms with Crippen LogP contribution in [0.25, 0.3) is 0 Å². The lowest BCUT2D eigenvalue weighted by molar-refractivity contribution is -0.117. The van der Waals surface area contributed by atoms with Gasteiger partial charge in [0.05, 0.1) is 5.56 Å². The number of amides is 1. The average Bonchev–Trinajstić information content (AvgIpc) is 2.15. The first-order valence-electron chi connectivity index (χ1n) is 3.43. The third-order valence-electron chi connectivity index (χ3n) is 1.30. The van der Waals surface area contributed by atoms with Gasteiger partial charge in [0.15, 0.2) is 0 Å². The molecule has 68 valence electrons. The molecule has 1 aromatic carbocycles. The predicted octanol–water partition coefficient (Wildman–Crippen LogP) is 0.210. The van der Waals surface area contributed by atoms with Crippen molar-refractivity contribution in [2.75, 3.05) is 0 Å². The van der Waals surface area contributed by atoms with Crippen LogP contribution in [0.1, 0.15) is 10.4 Å². The first-order valence-corrected chi connectivity index (χ1v) is 3.43. The molecule has 13 heavy (non-hydrogen) atoms. The normalized spacial score (nSPS) is 8.92. The Morgan fingerprint density at radius 1 is 1.38 bits per heavy atom. The highest BCUT2D eigenvalue weighted by Gasteiger charge is 2.05. The highest BCUT2D eigenvalue weighted by atomic mass is 16.7. The van der Waals surface area contributed by atoms with E-state index in [0.29, 0.717) is 0 Å². The molecule has 1 amide bonds. The maximum absolute atomic E-state index is 11.0. The Kier molecular flexibility index (Phi) is 2.86. The molecule has 0 saturated heterocycles. The molecular weight excluding hydrogens is 174 g/mol. The van der Waals surface area contributed by atoms with E-state index in [4.69, 9.17) is 5.11 Å². The minimum atomic E-state index is -0.688. The second kappa shape index (κ2) is 4.10. The number of phenols is 1. The van der Waals surface area contributed by atoms with Gasteiger partial charge >= 0.3 is 5.97 Å². The molecule has 0 bridgehead atoms. The van der Waals surface area contributed by atoms with Crippen molar-refractivity contribution in [3.63, 3.8) is 0 Å². The van der Waals surface area contributed by atoms with Crippen LogP contribution >= 0.6 is 0 Å². The van der Waals surface area contributed by atoms with Gasteiger partial charge in [-0.2, -0.15) is 5.48 Å². The zero-order chi connectivity index (χ0) is 9.68. The Balaban J connectivity index is 2.66. The lowest BCUT2D eigenvalue weighted by Gasteiger charge is -2.00. The third kappa shape index (κ3) is 2.48. The summed E-state index contributed by atoms with van der Waals surface area (Å²) >= 11 is 0. The van der Waals surface area contributed by atoms with Gasteiger partial charge in [0.25, 0.3) is 0 Å². The number of phenolic OH excluding ortho intramolecular Hbond substituents is 1. The van der Waals surface area contributed by atoms with Gasteiger partial charge in [0.2, 0.25) is 6.41 Å². The summed E-state index contributed by atoms with van der Waals surface area (Å²) in [4.78, 5) is 25.0. The lowest BCUT2D eigenvalue weighted by atomic mass is 10.2. The molecule has 0 aromatic heterocycles. The van der Waals surface area contributed by atoms with Crippen molar-refractivity contribution in [2.24, 2.45) is 0 Å². The van der Waals surface area contributed by atoms with E-state index in [0.717, 1.165) is 0 Å². The molecule has 0 heterocycles. The van der Waals surface area contributed by atoms with Crippen LogP contribution in [0.2, 0.25) is 0 Å². The first kappa shape index (κ1) is 9.05. The van der Waals surface area contributed by atoms with Crippen LogP contribution in [-0.4, -0.2) is 17.5 Å². The number of hydrogen-bond donors (Lipinski definition) is 2. The fourth-order valence-electron chi connectivity index (χ4n) is 0.734. The summed E-state index contributed by atoms with van der Waals surface area (Å²) in [7, 11) is 0. The van der Waals surface area contributed by atoms with Crippen LogP contribution in [-0.2, 0) is 9.63 Å². The van der Waals surface area contributed by atoms with Crippen LogP contribution in [0.15, 0.2) is 24.3 Å². The molecule has 2 N–H and O–H groups in total. The third-order valence-corrected chi connectivity index (χ3v) is 1.30. The Hall–Kier alpha value is -2.04. The molecule has 5 nitrogen and oxygen atoms in total. The molecule has 0 atom stereocenters. The van der Waals surface area contributed by atoms with Gasteiger partial charge in [0.1, 0.15) is 5.75 Å². The standard InChI is InChI=1S/C8H7NO4/c10-5-9-13-8(12)6-1-3-7(11)4-2-6/h1-5,11H,(H,9,10). The highest BCUT2D eigenvalue weighted by molar-refractivity contribution is 5.89. The van der Waals surface area contributed by atoms with Gasteiger partial charge in [0, 0.05) is 0 Å². The molecule has 0 saturated carbocycles. The van der Waals surface area contributed by atoms with Crippen LogP contribution in [0.3, 0.4) is 0 Å². The van der Waals surface area contributed by atoms with Crippen molar-refractivity contribution < 1.29 is 19.5 Å². The van der Waals surface area contributed by atoms with Gasteiger partial charge in [-0.05, 0) is 24.3 Å². The maximum Gasteiger partial charge on any atom is 0.362 e. The van der Waals surface area contributed by atoms with Crippen molar-refractivity contribution in [3.05, 3.63) is 29.8 Å². The highest BCUT2D eigenvalue weighted by Crippen LogP contribution is 2.09. The number of carbonyl (C=O) groups excluding carboxylic acids is 2. The Morgan fingerprint density at radius 2 is 2.00 bits per heavy atom. The number of benzene rings is 1. The van der Waals surface area contributed by atoms with Crippen molar-refractivity contribution in [1.29, 1.82) is 0 Å². The Labute approximate surface area is 73.9 Å². The monoisotopic (exact) mass is 181 g/mol. The Morgan fingerprint density at radius 3 is 2.54 bits per heavy atom. The second-order valence-electron chi connectivity index (χ2n) is 2.17. The summed E-state index contributed by atoms with van der Waals surface area (Å²) < 4.78 is 0. The van der Waals surface area contributed by atoms with E-state index >= 15 is 0 Å². The zero-order valence-corrected chi connectivity index (χ0v) is 6.56. The molecular formula is C8H7NO4. The smallest absolute Gasteiger partial charge is 0.362 e. The van der Waals surface area contributed by atoms with Crippen LogP contribution in [0, 0.1) is 0 Å². The van der Waals surface area contributed by atoms with E-state index in [9.17, 15) is 9.59 Å². The fourth-order valence-corrected chi connectivity index (χ4v) is 0.734. The lowest BCUT2D eigenvalue weighted by Crippen LogP contribution is -2.17. The average molecular weight is 181 g/mol. The first-order chi connectivity index (χ1) is 6.24. The molecule has 0 fully saturated rings. The van der Waals surface area contributed by atoms with Crippen LogP contribution in [0.4, 0.5) is 0 Å². The van der Waals surface area contributed by atoms with Gasteiger partial charge < -0.3 is 9.94 Å². The summed E-state index contributed by atoms with van der Waals surface area (Å²) in [6.07, 6.45) is 0.248. The zero-order valence-electron chi connectivity index (χ0n) is 6.56. The minimum absolute atomic E-state index is 0.0555. The SMILES string of the molecule is O=CNOC(=O)c1ccc(O)cc1. The summed E-state index contributed by atoms with van der Waals surface area (Å²) in [5.74, 6) is -0.632. The van der Waals surface area contributed by atoms with E-state index < -0.39 is 5.97 Å².